The summed E-state index contributed by atoms with van der Waals surface area (Å²) in [6.07, 6.45) is 1.03. The van der Waals surface area contributed by atoms with E-state index in [0.29, 0.717) is 30.2 Å². The van der Waals surface area contributed by atoms with Gasteiger partial charge in [-0.3, -0.25) is 9.59 Å². The Morgan fingerprint density at radius 2 is 1.61 bits per heavy atom. The molecule has 0 aliphatic carbocycles. The van der Waals surface area contributed by atoms with Crippen LogP contribution < -0.4 is 20.1 Å². The molecule has 0 saturated carbocycles. The van der Waals surface area contributed by atoms with Crippen molar-refractivity contribution in [2.75, 3.05) is 13.7 Å². The van der Waals surface area contributed by atoms with Gasteiger partial charge in [0, 0.05) is 12.1 Å². The smallest absolute Gasteiger partial charge is 0.251 e. The fourth-order valence-electron chi connectivity index (χ4n) is 3.38. The van der Waals surface area contributed by atoms with E-state index in [9.17, 15) is 9.59 Å². The van der Waals surface area contributed by atoms with Crippen molar-refractivity contribution in [2.45, 2.75) is 32.4 Å². The molecule has 0 fully saturated rings. The summed E-state index contributed by atoms with van der Waals surface area (Å²) >= 11 is 0. The molecule has 0 bridgehead atoms. The summed E-state index contributed by atoms with van der Waals surface area (Å²) in [5.41, 5.74) is 2.32. The molecule has 172 valence electrons. The molecule has 33 heavy (non-hydrogen) atoms. The van der Waals surface area contributed by atoms with Crippen LogP contribution in [0.4, 0.5) is 0 Å². The van der Waals surface area contributed by atoms with Gasteiger partial charge in [0.1, 0.15) is 0 Å². The topological polar surface area (TPSA) is 76.7 Å². The molecule has 0 heterocycles. The Kier molecular flexibility index (Phi) is 8.88. The Labute approximate surface area is 194 Å². The lowest BCUT2D eigenvalue weighted by Crippen LogP contribution is -2.33. The average molecular weight is 447 g/mol. The molecule has 6 nitrogen and oxygen atoms in total. The van der Waals surface area contributed by atoms with Crippen LogP contribution in [-0.2, 0) is 11.3 Å². The van der Waals surface area contributed by atoms with E-state index >= 15 is 0 Å². The first-order valence-corrected chi connectivity index (χ1v) is 11.1. The fraction of sp³-hybridized carbons (Fsp3) is 0.259. The maximum atomic E-state index is 12.8. The van der Waals surface area contributed by atoms with Crippen molar-refractivity contribution in [3.8, 4) is 11.5 Å². The van der Waals surface area contributed by atoms with Crippen molar-refractivity contribution in [3.63, 3.8) is 0 Å². The first-order chi connectivity index (χ1) is 16.1. The predicted octanol–water partition coefficient (Wildman–Crippen LogP) is 4.66. The van der Waals surface area contributed by atoms with Crippen LogP contribution in [0.3, 0.4) is 0 Å². The van der Waals surface area contributed by atoms with E-state index in [-0.39, 0.29) is 18.2 Å². The summed E-state index contributed by atoms with van der Waals surface area (Å²) in [7, 11) is 1.59. The summed E-state index contributed by atoms with van der Waals surface area (Å²) in [5, 5.41) is 5.93. The summed E-state index contributed by atoms with van der Waals surface area (Å²) in [5.74, 6) is 0.932. The Balaban J connectivity index is 1.64. The molecule has 2 amide bonds. The molecule has 0 radical (unpaired) electrons. The van der Waals surface area contributed by atoms with Gasteiger partial charge in [-0.25, -0.2) is 0 Å². The van der Waals surface area contributed by atoms with Gasteiger partial charge in [-0.2, -0.15) is 0 Å². The van der Waals surface area contributed by atoms with Gasteiger partial charge in [-0.15, -0.1) is 0 Å². The zero-order valence-corrected chi connectivity index (χ0v) is 19.0. The molecule has 0 aliphatic heterocycles. The highest BCUT2D eigenvalue weighted by Crippen LogP contribution is 2.28. The third-order valence-corrected chi connectivity index (χ3v) is 5.11. The van der Waals surface area contributed by atoms with Gasteiger partial charge in [0.2, 0.25) is 5.91 Å². The third kappa shape index (κ3) is 7.10. The van der Waals surface area contributed by atoms with E-state index in [2.05, 4.69) is 10.6 Å². The van der Waals surface area contributed by atoms with Crippen LogP contribution in [0.15, 0.2) is 78.9 Å². The number of methoxy groups -OCH3 is 1. The highest BCUT2D eigenvalue weighted by Gasteiger charge is 2.19. The van der Waals surface area contributed by atoms with Crippen LogP contribution in [0, 0.1) is 0 Å². The number of hydrogen-bond acceptors (Lipinski definition) is 4. The van der Waals surface area contributed by atoms with Crippen molar-refractivity contribution in [1.29, 1.82) is 0 Å². The van der Waals surface area contributed by atoms with E-state index in [1.807, 2.05) is 73.7 Å². The number of rotatable bonds is 11. The van der Waals surface area contributed by atoms with Gasteiger partial charge < -0.3 is 20.1 Å². The van der Waals surface area contributed by atoms with E-state index in [0.717, 1.165) is 17.5 Å². The van der Waals surface area contributed by atoms with Gasteiger partial charge >= 0.3 is 0 Å². The SMILES string of the molecule is CCCOc1ccc(CNC(=O)CC(NC(=O)c2ccccc2)c2ccccc2)cc1OC. The van der Waals surface area contributed by atoms with E-state index in [1.165, 1.54) is 0 Å². The Morgan fingerprint density at radius 3 is 2.27 bits per heavy atom. The molecule has 0 aromatic heterocycles. The van der Waals surface area contributed by atoms with Gasteiger partial charge in [0.15, 0.2) is 11.5 Å². The van der Waals surface area contributed by atoms with Crippen molar-refractivity contribution >= 4 is 11.8 Å². The minimum atomic E-state index is -0.446. The number of ether oxygens (including phenoxy) is 2. The summed E-state index contributed by atoms with van der Waals surface area (Å²) in [6, 6.07) is 23.6. The Hall–Kier alpha value is -3.80. The van der Waals surface area contributed by atoms with Crippen LogP contribution in [-0.4, -0.2) is 25.5 Å². The van der Waals surface area contributed by atoms with Gasteiger partial charge in [-0.1, -0.05) is 61.5 Å². The van der Waals surface area contributed by atoms with Crippen LogP contribution >= 0.6 is 0 Å². The molecule has 3 rings (SSSR count). The normalized spacial score (nSPS) is 11.3. The lowest BCUT2D eigenvalue weighted by molar-refractivity contribution is -0.121. The van der Waals surface area contributed by atoms with Crippen LogP contribution in [0.1, 0.15) is 47.3 Å². The molecule has 2 N–H and O–H groups in total. The zero-order chi connectivity index (χ0) is 23.5. The van der Waals surface area contributed by atoms with Gasteiger partial charge in [0.05, 0.1) is 26.2 Å². The monoisotopic (exact) mass is 446 g/mol. The molecule has 3 aromatic rings. The molecule has 6 heteroatoms. The van der Waals surface area contributed by atoms with Crippen LogP contribution in [0.2, 0.25) is 0 Å². The lowest BCUT2D eigenvalue weighted by atomic mass is 10.0. The van der Waals surface area contributed by atoms with E-state index < -0.39 is 6.04 Å². The number of nitrogens with one attached hydrogen (secondary N) is 2. The summed E-state index contributed by atoms with van der Waals surface area (Å²) in [6.45, 7) is 3.00. The first-order valence-electron chi connectivity index (χ1n) is 11.1. The number of benzene rings is 3. The summed E-state index contributed by atoms with van der Waals surface area (Å²) in [4.78, 5) is 25.5. The quantitative estimate of drug-likeness (QED) is 0.449. The van der Waals surface area contributed by atoms with Crippen LogP contribution in [0.5, 0.6) is 11.5 Å². The Morgan fingerprint density at radius 1 is 0.909 bits per heavy atom. The second-order valence-corrected chi connectivity index (χ2v) is 7.62. The van der Waals surface area contributed by atoms with Crippen molar-refractivity contribution in [2.24, 2.45) is 0 Å². The molecule has 3 aromatic carbocycles. The average Bonchev–Trinajstić information content (AvgIpc) is 2.87. The molecular weight excluding hydrogens is 416 g/mol. The molecule has 1 atom stereocenters. The number of carbonyl (C=O) groups is 2. The zero-order valence-electron chi connectivity index (χ0n) is 19.0. The predicted molar refractivity (Wildman–Crippen MR) is 128 cm³/mol. The summed E-state index contributed by atoms with van der Waals surface area (Å²) < 4.78 is 11.1. The van der Waals surface area contributed by atoms with Gasteiger partial charge in [-0.05, 0) is 41.8 Å². The maximum Gasteiger partial charge on any atom is 0.251 e. The molecular formula is C27H30N2O4. The highest BCUT2D eigenvalue weighted by atomic mass is 16.5. The van der Waals surface area contributed by atoms with Crippen molar-refractivity contribution < 1.29 is 19.1 Å². The fourth-order valence-corrected chi connectivity index (χ4v) is 3.38. The second-order valence-electron chi connectivity index (χ2n) is 7.62. The number of carbonyl (C=O) groups excluding carboxylic acids is 2. The molecule has 1 unspecified atom stereocenters. The minimum absolute atomic E-state index is 0.122. The third-order valence-electron chi connectivity index (χ3n) is 5.11. The Bertz CT molecular complexity index is 1040. The molecule has 0 aliphatic rings. The number of hydrogen-bond donors (Lipinski definition) is 2. The second kappa shape index (κ2) is 12.3. The highest BCUT2D eigenvalue weighted by molar-refractivity contribution is 5.94. The minimum Gasteiger partial charge on any atom is -0.493 e. The van der Waals surface area contributed by atoms with Crippen LogP contribution in [0.25, 0.3) is 0 Å². The largest absolute Gasteiger partial charge is 0.493 e. The molecule has 0 saturated heterocycles. The number of amides is 2. The lowest BCUT2D eigenvalue weighted by Gasteiger charge is -2.19. The first kappa shape index (κ1) is 23.9. The molecule has 0 spiro atoms. The van der Waals surface area contributed by atoms with E-state index in [4.69, 9.17) is 9.47 Å². The van der Waals surface area contributed by atoms with Crippen molar-refractivity contribution in [3.05, 3.63) is 95.6 Å². The maximum absolute atomic E-state index is 12.8. The van der Waals surface area contributed by atoms with Gasteiger partial charge in [0.25, 0.3) is 5.91 Å². The standard InChI is InChI=1S/C27H30N2O4/c1-3-16-33-24-15-14-20(17-25(24)32-2)19-28-26(30)18-23(21-10-6-4-7-11-21)29-27(31)22-12-8-5-9-13-22/h4-15,17,23H,3,16,18-19H2,1-2H3,(H,28,30)(H,29,31). The van der Waals surface area contributed by atoms with Crippen molar-refractivity contribution in [1.82, 2.24) is 10.6 Å². The van der Waals surface area contributed by atoms with E-state index in [1.54, 1.807) is 19.2 Å².